The van der Waals surface area contributed by atoms with Crippen molar-refractivity contribution in [1.82, 2.24) is 0 Å². The Morgan fingerprint density at radius 2 is 1.07 bits per heavy atom. The monoisotopic (exact) mass is 502 g/mol. The van der Waals surface area contributed by atoms with E-state index < -0.39 is 21.1 Å². The molecule has 0 heterocycles. The molecule has 0 aliphatic heterocycles. The summed E-state index contributed by atoms with van der Waals surface area (Å²) in [6.45, 7) is 0. The molecule has 0 saturated heterocycles. The van der Waals surface area contributed by atoms with Gasteiger partial charge in [0.15, 0.2) is 0 Å². The first-order valence-corrected chi connectivity index (χ1v) is 15.2. The van der Waals surface area contributed by atoms with Gasteiger partial charge in [-0.05, 0) is 0 Å². The van der Waals surface area contributed by atoms with Gasteiger partial charge in [-0.3, -0.25) is 0 Å². The number of rotatable bonds is 8. The topological polar surface area (TPSA) is 18.5 Å². The van der Waals surface area contributed by atoms with E-state index in [1.165, 1.54) is 6.56 Å². The second-order valence-corrected chi connectivity index (χ2v) is 14.8. The molecule has 148 valence electrons. The fraction of sp³-hybridized carbons (Fsp3) is 0.167. The van der Waals surface area contributed by atoms with E-state index in [0.717, 1.165) is 35.5 Å². The van der Waals surface area contributed by atoms with Crippen LogP contribution in [0.4, 0.5) is 0 Å². The van der Waals surface area contributed by atoms with Crippen molar-refractivity contribution in [3.8, 4) is 11.5 Å². The molecule has 2 aliphatic rings. The average molecular weight is 505 g/mol. The van der Waals surface area contributed by atoms with E-state index in [2.05, 4.69) is 36.5 Å². The molecule has 0 bridgehead atoms. The first kappa shape index (κ1) is 20.7. The van der Waals surface area contributed by atoms with Gasteiger partial charge in [-0.1, -0.05) is 0 Å². The normalized spacial score (nSPS) is 15.4. The van der Waals surface area contributed by atoms with Gasteiger partial charge in [-0.2, -0.15) is 0 Å². The summed E-state index contributed by atoms with van der Waals surface area (Å²) < 4.78 is 16.2. The van der Waals surface area contributed by atoms with Gasteiger partial charge in [-0.25, -0.2) is 0 Å². The Kier molecular flexibility index (Phi) is 6.80. The maximum atomic E-state index is 6.83. The molecule has 0 spiro atoms. The summed E-state index contributed by atoms with van der Waals surface area (Å²) in [5, 5.41) is 0. The third-order valence-electron chi connectivity index (χ3n) is 5.07. The molecular weight excluding hydrogens is 482 g/mol. The fourth-order valence-electron chi connectivity index (χ4n) is 3.50. The van der Waals surface area contributed by atoms with E-state index in [-0.39, 0.29) is 0 Å². The van der Waals surface area contributed by atoms with Crippen LogP contribution in [0.15, 0.2) is 91.5 Å². The molecule has 2 aliphatic carbocycles. The Morgan fingerprint density at radius 3 is 1.38 bits per heavy atom. The molecule has 0 saturated carbocycles. The summed E-state index contributed by atoms with van der Waals surface area (Å²) >= 11 is 7.99. The number of alkyl halides is 2. The van der Waals surface area contributed by atoms with Crippen molar-refractivity contribution >= 4 is 23.2 Å². The van der Waals surface area contributed by atoms with Crippen molar-refractivity contribution in [1.29, 1.82) is 0 Å². The molecule has 4 rings (SSSR count). The summed E-state index contributed by atoms with van der Waals surface area (Å²) in [5.74, 6) is 2.63. The van der Waals surface area contributed by atoms with Crippen LogP contribution in [0.2, 0.25) is 0 Å². The predicted molar refractivity (Wildman–Crippen MR) is 117 cm³/mol. The van der Waals surface area contributed by atoms with Gasteiger partial charge in [0.2, 0.25) is 0 Å². The molecule has 0 N–H and O–H groups in total. The molecule has 0 unspecified atom stereocenters. The summed E-state index contributed by atoms with van der Waals surface area (Å²) in [6.07, 6.45) is 14.6. The Balaban J connectivity index is 1.74. The molecule has 0 aromatic heterocycles. The molecule has 2 aromatic carbocycles. The molecule has 29 heavy (non-hydrogen) atoms. The van der Waals surface area contributed by atoms with Crippen LogP contribution in [0.1, 0.15) is 24.0 Å². The SMILES string of the molecule is ClCc1ccc([O][Zr]([O]c2ccc(CCl)cc2)([C]2=CC=CC2)[C]2=CC=CC2)cc1. The van der Waals surface area contributed by atoms with Crippen molar-refractivity contribution < 1.29 is 26.8 Å². The molecule has 0 atom stereocenters. The number of hydrogen-bond acceptors (Lipinski definition) is 2. The summed E-state index contributed by atoms with van der Waals surface area (Å²) in [4.78, 5) is 0. The third-order valence-corrected chi connectivity index (χ3v) is 14.2. The van der Waals surface area contributed by atoms with E-state index in [0.29, 0.717) is 11.8 Å². The van der Waals surface area contributed by atoms with Gasteiger partial charge in [0.1, 0.15) is 0 Å². The van der Waals surface area contributed by atoms with E-state index in [1.54, 1.807) is 0 Å². The number of benzene rings is 2. The zero-order valence-electron chi connectivity index (χ0n) is 16.0. The first-order chi connectivity index (χ1) is 14.2. The van der Waals surface area contributed by atoms with Crippen LogP contribution in [-0.2, 0) is 32.9 Å². The molecule has 5 heteroatoms. The van der Waals surface area contributed by atoms with Crippen molar-refractivity contribution in [2.45, 2.75) is 24.6 Å². The molecule has 0 amide bonds. The van der Waals surface area contributed by atoms with E-state index in [4.69, 9.17) is 28.8 Å². The van der Waals surface area contributed by atoms with Gasteiger partial charge >= 0.3 is 189 Å². The van der Waals surface area contributed by atoms with Crippen molar-refractivity contribution in [2.75, 3.05) is 0 Å². The maximum absolute atomic E-state index is 6.83. The zero-order chi connectivity index (χ0) is 20.1. The van der Waals surface area contributed by atoms with Crippen molar-refractivity contribution in [3.63, 3.8) is 0 Å². The molecule has 2 nitrogen and oxygen atoms in total. The van der Waals surface area contributed by atoms with E-state index in [1.807, 2.05) is 48.5 Å². The van der Waals surface area contributed by atoms with Crippen LogP contribution in [0.5, 0.6) is 11.5 Å². The van der Waals surface area contributed by atoms with Gasteiger partial charge < -0.3 is 0 Å². The Labute approximate surface area is 187 Å². The van der Waals surface area contributed by atoms with Gasteiger partial charge in [0.25, 0.3) is 0 Å². The fourth-order valence-corrected chi connectivity index (χ4v) is 12.0. The van der Waals surface area contributed by atoms with Crippen LogP contribution < -0.4 is 5.63 Å². The van der Waals surface area contributed by atoms with Crippen LogP contribution in [0, 0.1) is 0 Å². The molecular formula is C24H22Cl2O2Zr. The minimum atomic E-state index is -3.92. The third kappa shape index (κ3) is 4.63. The average Bonchev–Trinajstić information content (AvgIpc) is 3.49. The van der Waals surface area contributed by atoms with Gasteiger partial charge in [0.05, 0.1) is 0 Å². The van der Waals surface area contributed by atoms with E-state index in [9.17, 15) is 0 Å². The second kappa shape index (κ2) is 9.52. The minimum absolute atomic E-state index is 0.488. The zero-order valence-corrected chi connectivity index (χ0v) is 20.0. The Hall–Kier alpha value is -1.54. The van der Waals surface area contributed by atoms with Gasteiger partial charge in [-0.15, -0.1) is 0 Å². The quantitative estimate of drug-likeness (QED) is 0.352. The molecule has 0 radical (unpaired) electrons. The van der Waals surface area contributed by atoms with Crippen LogP contribution in [0.3, 0.4) is 0 Å². The van der Waals surface area contributed by atoms with E-state index >= 15 is 0 Å². The Bertz CT molecular complexity index is 891. The van der Waals surface area contributed by atoms with Crippen LogP contribution in [-0.4, -0.2) is 0 Å². The van der Waals surface area contributed by atoms with Gasteiger partial charge in [0, 0.05) is 0 Å². The summed E-state index contributed by atoms with van der Waals surface area (Å²) in [6, 6.07) is 16.0. The first-order valence-electron chi connectivity index (χ1n) is 9.64. The van der Waals surface area contributed by atoms with Crippen LogP contribution in [0.25, 0.3) is 0 Å². The Morgan fingerprint density at radius 1 is 0.655 bits per heavy atom. The predicted octanol–water partition coefficient (Wildman–Crippen LogP) is 7.29. The summed E-state index contributed by atoms with van der Waals surface area (Å²) in [5.41, 5.74) is 2.14. The molecule has 2 aromatic rings. The van der Waals surface area contributed by atoms with Crippen molar-refractivity contribution in [3.05, 3.63) is 103 Å². The summed E-state index contributed by atoms with van der Waals surface area (Å²) in [7, 11) is 0. The number of allylic oxidation sites excluding steroid dienone is 8. The molecule has 0 fully saturated rings. The standard InChI is InChI=1S/2C7H7ClO.2C5H5.Zr/c2*8-5-6-1-3-7(9)4-2-6;2*1-2-4-5-3-1;/h2*1-4,9H,5H2;2*1-3H,4H2;/q;;;;+2/p-2. The van der Waals surface area contributed by atoms with Crippen LogP contribution >= 0.6 is 23.2 Å². The number of hydrogen-bond donors (Lipinski definition) is 0. The number of halogens is 2. The van der Waals surface area contributed by atoms with Crippen molar-refractivity contribution in [2.24, 2.45) is 0 Å². The second-order valence-electron chi connectivity index (χ2n) is 7.02.